The number of halogens is 2. The fourth-order valence-electron chi connectivity index (χ4n) is 2.11. The smallest absolute Gasteiger partial charge is 0.387 e. The van der Waals surface area contributed by atoms with Crippen LogP contribution in [0.3, 0.4) is 0 Å². The number of benzene rings is 2. The number of alkyl halides is 2. The molecule has 5 heteroatoms. The molecule has 0 aliphatic rings. The van der Waals surface area contributed by atoms with Gasteiger partial charge in [0.05, 0.1) is 6.04 Å². The van der Waals surface area contributed by atoms with Gasteiger partial charge >= 0.3 is 6.61 Å². The third kappa shape index (κ3) is 3.84. The van der Waals surface area contributed by atoms with E-state index in [2.05, 4.69) is 10.1 Å². The number of hydrogen-bond donors (Lipinski definition) is 2. The van der Waals surface area contributed by atoms with Crippen molar-refractivity contribution in [3.63, 3.8) is 0 Å². The Morgan fingerprint density at radius 3 is 2.52 bits per heavy atom. The zero-order valence-electron chi connectivity index (χ0n) is 11.8. The van der Waals surface area contributed by atoms with Crippen LogP contribution < -0.4 is 10.1 Å². The molecule has 0 aliphatic heterocycles. The second kappa shape index (κ2) is 6.43. The molecule has 3 nitrogen and oxygen atoms in total. The van der Waals surface area contributed by atoms with Gasteiger partial charge in [-0.3, -0.25) is 0 Å². The van der Waals surface area contributed by atoms with Gasteiger partial charge in [0.25, 0.3) is 0 Å². The molecule has 2 aromatic rings. The van der Waals surface area contributed by atoms with E-state index in [0.29, 0.717) is 5.56 Å². The molecule has 2 rings (SSSR count). The Kier molecular flexibility index (Phi) is 4.62. The van der Waals surface area contributed by atoms with Crippen LogP contribution in [0.2, 0.25) is 0 Å². The van der Waals surface area contributed by atoms with Crippen molar-refractivity contribution in [3.05, 3.63) is 53.6 Å². The minimum absolute atomic E-state index is 0.156. The number of para-hydroxylation sites is 1. The summed E-state index contributed by atoms with van der Waals surface area (Å²) in [5.41, 5.74) is 2.18. The van der Waals surface area contributed by atoms with E-state index in [0.717, 1.165) is 11.3 Å². The summed E-state index contributed by atoms with van der Waals surface area (Å²) in [5.74, 6) is 0.373. The van der Waals surface area contributed by atoms with Crippen molar-refractivity contribution >= 4 is 5.69 Å². The predicted molar refractivity (Wildman–Crippen MR) is 78.0 cm³/mol. The minimum Gasteiger partial charge on any atom is -0.508 e. The van der Waals surface area contributed by atoms with Gasteiger partial charge in [0.15, 0.2) is 0 Å². The first-order chi connectivity index (χ1) is 9.97. The fourth-order valence-corrected chi connectivity index (χ4v) is 2.11. The summed E-state index contributed by atoms with van der Waals surface area (Å²) in [6.07, 6.45) is 0. The summed E-state index contributed by atoms with van der Waals surface area (Å²) in [6, 6.07) is 11.6. The average molecular weight is 293 g/mol. The summed E-state index contributed by atoms with van der Waals surface area (Å²) < 4.78 is 29.4. The van der Waals surface area contributed by atoms with Gasteiger partial charge in [-0.1, -0.05) is 18.2 Å². The Bertz CT molecular complexity index is 617. The topological polar surface area (TPSA) is 41.5 Å². The summed E-state index contributed by atoms with van der Waals surface area (Å²) in [6.45, 7) is 0.795. The second-order valence-electron chi connectivity index (χ2n) is 4.78. The molecule has 0 aromatic heterocycles. The lowest BCUT2D eigenvalue weighted by Gasteiger charge is -2.19. The molecule has 0 amide bonds. The molecular weight excluding hydrogens is 276 g/mol. The van der Waals surface area contributed by atoms with Crippen molar-refractivity contribution in [3.8, 4) is 11.5 Å². The van der Waals surface area contributed by atoms with Crippen molar-refractivity contribution in [1.82, 2.24) is 0 Å². The minimum atomic E-state index is -2.85. The van der Waals surface area contributed by atoms with Crippen LogP contribution in [0.1, 0.15) is 24.1 Å². The van der Waals surface area contributed by atoms with Crippen LogP contribution in [0.5, 0.6) is 11.5 Å². The molecule has 0 saturated heterocycles. The molecule has 0 aliphatic carbocycles. The molecule has 112 valence electrons. The molecular formula is C16H17F2NO2. The number of aryl methyl sites for hydroxylation is 1. The number of anilines is 1. The number of nitrogens with one attached hydrogen (secondary N) is 1. The van der Waals surface area contributed by atoms with Gasteiger partial charge in [0, 0.05) is 11.3 Å². The number of phenolic OH excluding ortho intramolecular Hbond substituents is 1. The molecule has 2 aromatic carbocycles. The maximum Gasteiger partial charge on any atom is 0.387 e. The zero-order valence-corrected chi connectivity index (χ0v) is 11.8. The highest BCUT2D eigenvalue weighted by Crippen LogP contribution is 2.30. The van der Waals surface area contributed by atoms with Gasteiger partial charge in [-0.25, -0.2) is 0 Å². The maximum absolute atomic E-state index is 12.4. The van der Waals surface area contributed by atoms with Crippen LogP contribution in [-0.4, -0.2) is 11.7 Å². The molecule has 0 spiro atoms. The molecule has 0 saturated carbocycles. The monoisotopic (exact) mass is 293 g/mol. The molecule has 0 heterocycles. The van der Waals surface area contributed by atoms with Crippen LogP contribution in [-0.2, 0) is 0 Å². The summed E-state index contributed by atoms with van der Waals surface area (Å²) in [4.78, 5) is 0. The third-order valence-electron chi connectivity index (χ3n) is 3.18. The van der Waals surface area contributed by atoms with Gasteiger partial charge in [-0.2, -0.15) is 8.78 Å². The Hall–Kier alpha value is -2.30. The van der Waals surface area contributed by atoms with Crippen molar-refractivity contribution in [2.45, 2.75) is 26.5 Å². The summed E-state index contributed by atoms with van der Waals surface area (Å²) in [7, 11) is 0. The Morgan fingerprint density at radius 1 is 1.14 bits per heavy atom. The highest BCUT2D eigenvalue weighted by atomic mass is 19.3. The highest BCUT2D eigenvalue weighted by molar-refractivity contribution is 5.52. The van der Waals surface area contributed by atoms with Gasteiger partial charge in [-0.15, -0.1) is 0 Å². The lowest BCUT2D eigenvalue weighted by atomic mass is 10.1. The molecule has 1 unspecified atom stereocenters. The first kappa shape index (κ1) is 15.1. The van der Waals surface area contributed by atoms with Crippen LogP contribution in [0, 0.1) is 6.92 Å². The van der Waals surface area contributed by atoms with E-state index in [9.17, 15) is 13.9 Å². The third-order valence-corrected chi connectivity index (χ3v) is 3.18. The Balaban J connectivity index is 2.19. The van der Waals surface area contributed by atoms with E-state index in [1.54, 1.807) is 43.3 Å². The zero-order chi connectivity index (χ0) is 15.4. The highest BCUT2D eigenvalue weighted by Gasteiger charge is 2.14. The normalized spacial score (nSPS) is 12.2. The maximum atomic E-state index is 12.4. The van der Waals surface area contributed by atoms with E-state index in [-0.39, 0.29) is 17.5 Å². The Labute approximate surface area is 122 Å². The van der Waals surface area contributed by atoms with E-state index < -0.39 is 6.61 Å². The SMILES string of the molecule is Cc1cc(NC(C)c2ccccc2OC(F)F)ccc1O. The van der Waals surface area contributed by atoms with Crippen LogP contribution in [0.4, 0.5) is 14.5 Å². The molecule has 21 heavy (non-hydrogen) atoms. The van der Waals surface area contributed by atoms with Crippen molar-refractivity contribution in [2.75, 3.05) is 5.32 Å². The molecule has 0 bridgehead atoms. The van der Waals surface area contributed by atoms with E-state index >= 15 is 0 Å². The van der Waals surface area contributed by atoms with Crippen LogP contribution in [0.15, 0.2) is 42.5 Å². The van der Waals surface area contributed by atoms with Crippen LogP contribution in [0.25, 0.3) is 0 Å². The molecule has 0 radical (unpaired) electrons. The van der Waals surface area contributed by atoms with Gasteiger partial charge < -0.3 is 15.2 Å². The van der Waals surface area contributed by atoms with Gasteiger partial charge in [-0.05, 0) is 43.7 Å². The molecule has 1 atom stereocenters. The molecule has 2 N–H and O–H groups in total. The van der Waals surface area contributed by atoms with E-state index in [4.69, 9.17) is 0 Å². The second-order valence-corrected chi connectivity index (χ2v) is 4.78. The summed E-state index contributed by atoms with van der Waals surface area (Å²) in [5, 5.41) is 12.7. The summed E-state index contributed by atoms with van der Waals surface area (Å²) >= 11 is 0. The van der Waals surface area contributed by atoms with Gasteiger partial charge in [0.1, 0.15) is 11.5 Å². The van der Waals surface area contributed by atoms with Crippen molar-refractivity contribution < 1.29 is 18.6 Å². The number of rotatable bonds is 5. The average Bonchev–Trinajstić information content (AvgIpc) is 2.43. The first-order valence-electron chi connectivity index (χ1n) is 6.57. The lowest BCUT2D eigenvalue weighted by molar-refractivity contribution is -0.0505. The lowest BCUT2D eigenvalue weighted by Crippen LogP contribution is -2.11. The first-order valence-corrected chi connectivity index (χ1v) is 6.57. The van der Waals surface area contributed by atoms with E-state index in [1.165, 1.54) is 6.07 Å². The molecule has 0 fully saturated rings. The van der Waals surface area contributed by atoms with Crippen molar-refractivity contribution in [2.24, 2.45) is 0 Å². The number of aromatic hydroxyl groups is 1. The standard InChI is InChI=1S/C16H17F2NO2/c1-10-9-12(7-8-14(10)20)19-11(2)13-5-3-4-6-15(13)21-16(17)18/h3-9,11,16,19-20H,1-2H3. The predicted octanol–water partition coefficient (Wildman–Crippen LogP) is 4.48. The van der Waals surface area contributed by atoms with E-state index in [1.807, 2.05) is 6.92 Å². The van der Waals surface area contributed by atoms with Crippen molar-refractivity contribution in [1.29, 1.82) is 0 Å². The largest absolute Gasteiger partial charge is 0.508 e. The quantitative estimate of drug-likeness (QED) is 0.799. The number of phenols is 1. The fraction of sp³-hybridized carbons (Fsp3) is 0.250. The van der Waals surface area contributed by atoms with Crippen LogP contribution >= 0.6 is 0 Å². The number of hydrogen-bond acceptors (Lipinski definition) is 3. The Morgan fingerprint density at radius 2 is 1.86 bits per heavy atom. The van der Waals surface area contributed by atoms with Gasteiger partial charge in [0.2, 0.25) is 0 Å². The number of ether oxygens (including phenoxy) is 1.